The third kappa shape index (κ3) is 5.24. The number of hydrogen-bond donors (Lipinski definition) is 0. The van der Waals surface area contributed by atoms with Gasteiger partial charge < -0.3 is 4.90 Å². The second kappa shape index (κ2) is 12.7. The molecule has 0 radical (unpaired) electrons. The molecule has 52 heavy (non-hydrogen) atoms. The minimum absolute atomic E-state index is 1.11. The molecule has 0 aliphatic carbocycles. The average Bonchev–Trinajstić information content (AvgIpc) is 3.60. The first-order valence-electron chi connectivity index (χ1n) is 17.8. The molecule has 10 aromatic rings. The van der Waals surface area contributed by atoms with E-state index in [-0.39, 0.29) is 0 Å². The SMILES string of the molecule is c1ccc(-c2ccc(N(c3ccc(-c4cc5sc6ccccc6c5c5ccccc45)cc3)c3cccc(-c4cccc5ccccc45)c3)cc2)cc1. The largest absolute Gasteiger partial charge is 0.310 e. The van der Waals surface area contributed by atoms with Crippen LogP contribution in [-0.4, -0.2) is 0 Å². The van der Waals surface area contributed by atoms with E-state index < -0.39 is 0 Å². The maximum Gasteiger partial charge on any atom is 0.0467 e. The Bertz CT molecular complexity index is 2880. The summed E-state index contributed by atoms with van der Waals surface area (Å²) in [6.45, 7) is 0. The summed E-state index contributed by atoms with van der Waals surface area (Å²) in [7, 11) is 0. The smallest absolute Gasteiger partial charge is 0.0467 e. The molecule has 0 fully saturated rings. The van der Waals surface area contributed by atoms with Gasteiger partial charge in [-0.15, -0.1) is 11.3 Å². The van der Waals surface area contributed by atoms with Gasteiger partial charge in [-0.2, -0.15) is 0 Å². The van der Waals surface area contributed by atoms with Gasteiger partial charge in [0.15, 0.2) is 0 Å². The van der Waals surface area contributed by atoms with Gasteiger partial charge in [-0.25, -0.2) is 0 Å². The van der Waals surface area contributed by atoms with E-state index in [1.54, 1.807) is 0 Å². The van der Waals surface area contributed by atoms with Crippen LogP contribution < -0.4 is 4.90 Å². The van der Waals surface area contributed by atoms with Crippen LogP contribution in [0.3, 0.4) is 0 Å². The first-order chi connectivity index (χ1) is 25.8. The van der Waals surface area contributed by atoms with Gasteiger partial charge in [0, 0.05) is 37.2 Å². The highest BCUT2D eigenvalue weighted by atomic mass is 32.1. The lowest BCUT2D eigenvalue weighted by molar-refractivity contribution is 1.28. The van der Waals surface area contributed by atoms with Crippen molar-refractivity contribution in [3.8, 4) is 33.4 Å². The number of rotatable bonds is 6. The zero-order valence-corrected chi connectivity index (χ0v) is 29.2. The van der Waals surface area contributed by atoms with Gasteiger partial charge >= 0.3 is 0 Å². The zero-order valence-electron chi connectivity index (χ0n) is 28.4. The van der Waals surface area contributed by atoms with Crippen molar-refractivity contribution in [2.45, 2.75) is 0 Å². The standard InChI is InChI=1S/C50H33NS/c1-2-12-34(13-3-1)35-24-28-39(29-25-35)51(41-17-10-16-38(32-41)43-22-11-15-36-14-4-5-18-42(36)43)40-30-26-37(27-31-40)47-33-49-50(45-20-7-6-19-44(45)47)46-21-8-9-23-48(46)52-49/h1-33H. The predicted octanol–water partition coefficient (Wildman–Crippen LogP) is 14.8. The molecule has 1 heterocycles. The minimum atomic E-state index is 1.11. The molecular weight excluding hydrogens is 647 g/mol. The van der Waals surface area contributed by atoms with E-state index in [2.05, 4.69) is 205 Å². The third-order valence-electron chi connectivity index (χ3n) is 10.3. The fourth-order valence-electron chi connectivity index (χ4n) is 7.79. The highest BCUT2D eigenvalue weighted by Gasteiger charge is 2.17. The first-order valence-corrected chi connectivity index (χ1v) is 18.6. The van der Waals surface area contributed by atoms with Gasteiger partial charge in [0.2, 0.25) is 0 Å². The van der Waals surface area contributed by atoms with E-state index in [0.29, 0.717) is 0 Å². The molecule has 2 heteroatoms. The number of anilines is 3. The van der Waals surface area contributed by atoms with Crippen LogP contribution in [0.2, 0.25) is 0 Å². The van der Waals surface area contributed by atoms with Crippen molar-refractivity contribution in [2.75, 3.05) is 4.90 Å². The number of hydrogen-bond acceptors (Lipinski definition) is 2. The zero-order chi connectivity index (χ0) is 34.4. The molecule has 0 saturated carbocycles. The number of thiophene rings is 1. The highest BCUT2D eigenvalue weighted by molar-refractivity contribution is 7.26. The van der Waals surface area contributed by atoms with Crippen molar-refractivity contribution >= 4 is 70.1 Å². The summed E-state index contributed by atoms with van der Waals surface area (Å²) < 4.78 is 2.65. The van der Waals surface area contributed by atoms with E-state index in [0.717, 1.165) is 17.1 Å². The summed E-state index contributed by atoms with van der Waals surface area (Å²) in [5, 5.41) is 7.78. The summed E-state index contributed by atoms with van der Waals surface area (Å²) in [6.07, 6.45) is 0. The van der Waals surface area contributed by atoms with Crippen LogP contribution in [0, 0.1) is 0 Å². The Labute approximate surface area is 307 Å². The molecule has 10 rings (SSSR count). The summed E-state index contributed by atoms with van der Waals surface area (Å²) in [5.74, 6) is 0. The number of nitrogens with zero attached hydrogens (tertiary/aromatic N) is 1. The molecule has 0 aliphatic rings. The van der Waals surface area contributed by atoms with Crippen LogP contribution in [0.1, 0.15) is 0 Å². The normalized spacial score (nSPS) is 11.5. The van der Waals surface area contributed by atoms with Gasteiger partial charge in [0.25, 0.3) is 0 Å². The van der Waals surface area contributed by atoms with E-state index in [1.807, 2.05) is 11.3 Å². The van der Waals surface area contributed by atoms with Crippen molar-refractivity contribution in [3.05, 3.63) is 200 Å². The van der Waals surface area contributed by atoms with Crippen molar-refractivity contribution in [1.82, 2.24) is 0 Å². The molecule has 0 atom stereocenters. The maximum atomic E-state index is 2.39. The Morgan fingerprint density at radius 2 is 0.885 bits per heavy atom. The van der Waals surface area contributed by atoms with Gasteiger partial charge in [0.1, 0.15) is 0 Å². The maximum absolute atomic E-state index is 2.39. The predicted molar refractivity (Wildman–Crippen MR) is 225 cm³/mol. The average molecular weight is 680 g/mol. The molecule has 1 nitrogen and oxygen atoms in total. The Morgan fingerprint density at radius 3 is 1.67 bits per heavy atom. The highest BCUT2D eigenvalue weighted by Crippen LogP contribution is 2.44. The van der Waals surface area contributed by atoms with Gasteiger partial charge in [0.05, 0.1) is 0 Å². The molecule has 0 amide bonds. The molecule has 1 aromatic heterocycles. The lowest BCUT2D eigenvalue weighted by Crippen LogP contribution is -2.10. The van der Waals surface area contributed by atoms with E-state index in [4.69, 9.17) is 0 Å². The lowest BCUT2D eigenvalue weighted by atomic mass is 9.95. The molecule has 244 valence electrons. The number of benzene rings is 9. The molecule has 0 bridgehead atoms. The van der Waals surface area contributed by atoms with Crippen LogP contribution in [0.4, 0.5) is 17.1 Å². The van der Waals surface area contributed by atoms with Crippen LogP contribution >= 0.6 is 11.3 Å². The van der Waals surface area contributed by atoms with Crippen LogP contribution in [0.15, 0.2) is 200 Å². The van der Waals surface area contributed by atoms with Gasteiger partial charge in [-0.3, -0.25) is 0 Å². The van der Waals surface area contributed by atoms with Crippen LogP contribution in [0.25, 0.3) is 75.1 Å². The van der Waals surface area contributed by atoms with Crippen molar-refractivity contribution in [3.63, 3.8) is 0 Å². The summed E-state index contributed by atoms with van der Waals surface area (Å²) in [6, 6.07) is 72.8. The fourth-order valence-corrected chi connectivity index (χ4v) is 8.95. The van der Waals surface area contributed by atoms with Gasteiger partial charge in [-0.05, 0) is 103 Å². The molecular formula is C50H33NS. The minimum Gasteiger partial charge on any atom is -0.310 e. The van der Waals surface area contributed by atoms with Gasteiger partial charge in [-0.1, -0.05) is 152 Å². The molecule has 9 aromatic carbocycles. The summed E-state index contributed by atoms with van der Waals surface area (Å²) in [5.41, 5.74) is 10.7. The molecule has 0 aliphatic heterocycles. The number of fused-ring (bicyclic) bond motifs is 6. The molecule has 0 saturated heterocycles. The first kappa shape index (κ1) is 30.4. The van der Waals surface area contributed by atoms with Crippen LogP contribution in [0.5, 0.6) is 0 Å². The Hall–Kier alpha value is -6.48. The fraction of sp³-hybridized carbons (Fsp3) is 0. The van der Waals surface area contributed by atoms with E-state index in [1.165, 1.54) is 75.1 Å². The third-order valence-corrected chi connectivity index (χ3v) is 11.4. The topological polar surface area (TPSA) is 3.24 Å². The van der Waals surface area contributed by atoms with Crippen LogP contribution in [-0.2, 0) is 0 Å². The van der Waals surface area contributed by atoms with Crippen molar-refractivity contribution in [2.24, 2.45) is 0 Å². The molecule has 0 unspecified atom stereocenters. The molecule has 0 N–H and O–H groups in total. The van der Waals surface area contributed by atoms with E-state index in [9.17, 15) is 0 Å². The van der Waals surface area contributed by atoms with E-state index >= 15 is 0 Å². The van der Waals surface area contributed by atoms with Crippen molar-refractivity contribution in [1.29, 1.82) is 0 Å². The second-order valence-corrected chi connectivity index (χ2v) is 14.4. The summed E-state index contributed by atoms with van der Waals surface area (Å²) >= 11 is 1.88. The Balaban J connectivity index is 1.10. The lowest BCUT2D eigenvalue weighted by Gasteiger charge is -2.26. The summed E-state index contributed by atoms with van der Waals surface area (Å²) in [4.78, 5) is 2.38. The molecule has 0 spiro atoms. The monoisotopic (exact) mass is 679 g/mol. The Morgan fingerprint density at radius 1 is 0.308 bits per heavy atom. The van der Waals surface area contributed by atoms with Crippen molar-refractivity contribution < 1.29 is 0 Å². The second-order valence-electron chi connectivity index (χ2n) is 13.3. The Kier molecular flexibility index (Phi) is 7.41. The quantitative estimate of drug-likeness (QED) is 0.169.